The van der Waals surface area contributed by atoms with Gasteiger partial charge in [-0.1, -0.05) is 19.1 Å². The predicted octanol–water partition coefficient (Wildman–Crippen LogP) is 2.69. The molecule has 0 spiro atoms. The van der Waals surface area contributed by atoms with Gasteiger partial charge in [0.1, 0.15) is 5.75 Å². The Hall–Kier alpha value is -1.06. The molecule has 1 aromatic rings. The van der Waals surface area contributed by atoms with E-state index < -0.39 is 0 Å². The number of ether oxygens (including phenoxy) is 1. The Bertz CT molecular complexity index is 377. The smallest absolute Gasteiger partial charge is 0.118 e. The minimum Gasteiger partial charge on any atom is -0.497 e. The molecule has 0 aliphatic carbocycles. The van der Waals surface area contributed by atoms with Crippen LogP contribution in [0.1, 0.15) is 31.4 Å². The highest BCUT2D eigenvalue weighted by Crippen LogP contribution is 2.36. The number of hydrogen-bond acceptors (Lipinski definition) is 3. The van der Waals surface area contributed by atoms with Crippen molar-refractivity contribution in [3.8, 4) is 5.75 Å². The van der Waals surface area contributed by atoms with Crippen molar-refractivity contribution in [2.24, 2.45) is 5.92 Å². The lowest BCUT2D eigenvalue weighted by Gasteiger charge is -2.26. The molecule has 2 rings (SSSR count). The van der Waals surface area contributed by atoms with Gasteiger partial charge in [-0.05, 0) is 63.1 Å². The zero-order valence-corrected chi connectivity index (χ0v) is 12.4. The van der Waals surface area contributed by atoms with Crippen LogP contribution in [0.5, 0.6) is 5.75 Å². The van der Waals surface area contributed by atoms with Crippen molar-refractivity contribution >= 4 is 0 Å². The molecule has 0 amide bonds. The molecule has 0 radical (unpaired) electrons. The standard InChI is InChI=1S/C16H26N2O/c1-4-10-17-12-14-9-11-18(2)16(14)13-5-7-15(19-3)8-6-13/h5-8,14,16-17H,4,9-12H2,1-3H3. The monoisotopic (exact) mass is 262 g/mol. The molecular weight excluding hydrogens is 236 g/mol. The van der Waals surface area contributed by atoms with Crippen molar-refractivity contribution < 1.29 is 4.74 Å². The van der Waals surface area contributed by atoms with Gasteiger partial charge in [0.25, 0.3) is 0 Å². The van der Waals surface area contributed by atoms with Crippen molar-refractivity contribution in [1.29, 1.82) is 0 Å². The van der Waals surface area contributed by atoms with Crippen LogP contribution in [0, 0.1) is 5.92 Å². The van der Waals surface area contributed by atoms with Crippen LogP contribution < -0.4 is 10.1 Å². The first-order valence-electron chi connectivity index (χ1n) is 7.31. The third-order valence-corrected chi connectivity index (χ3v) is 4.06. The van der Waals surface area contributed by atoms with Gasteiger partial charge in [0, 0.05) is 6.04 Å². The molecule has 3 nitrogen and oxygen atoms in total. The van der Waals surface area contributed by atoms with E-state index in [9.17, 15) is 0 Å². The summed E-state index contributed by atoms with van der Waals surface area (Å²) in [7, 11) is 3.95. The molecule has 1 fully saturated rings. The predicted molar refractivity (Wildman–Crippen MR) is 79.6 cm³/mol. The fraction of sp³-hybridized carbons (Fsp3) is 0.625. The maximum atomic E-state index is 5.24. The fourth-order valence-electron chi connectivity index (χ4n) is 3.03. The van der Waals surface area contributed by atoms with Crippen LogP contribution in [0.3, 0.4) is 0 Å². The summed E-state index contributed by atoms with van der Waals surface area (Å²) in [5, 5.41) is 3.57. The Morgan fingerprint density at radius 1 is 1.32 bits per heavy atom. The number of hydrogen-bond donors (Lipinski definition) is 1. The van der Waals surface area contributed by atoms with Crippen molar-refractivity contribution in [2.45, 2.75) is 25.8 Å². The SMILES string of the molecule is CCCNCC1CCN(C)C1c1ccc(OC)cc1. The van der Waals surface area contributed by atoms with Crippen LogP contribution in [-0.2, 0) is 0 Å². The summed E-state index contributed by atoms with van der Waals surface area (Å²) in [5.74, 6) is 1.65. The van der Waals surface area contributed by atoms with Crippen molar-refractivity contribution in [2.75, 3.05) is 33.8 Å². The third-order valence-electron chi connectivity index (χ3n) is 4.06. The topological polar surface area (TPSA) is 24.5 Å². The van der Waals surface area contributed by atoms with Crippen LogP contribution in [0.15, 0.2) is 24.3 Å². The van der Waals surface area contributed by atoms with Gasteiger partial charge in [0.15, 0.2) is 0 Å². The van der Waals surface area contributed by atoms with Crippen LogP contribution in [-0.4, -0.2) is 38.7 Å². The van der Waals surface area contributed by atoms with Gasteiger partial charge in [0.2, 0.25) is 0 Å². The molecule has 3 heteroatoms. The van der Waals surface area contributed by atoms with E-state index in [1.54, 1.807) is 7.11 Å². The molecule has 1 saturated heterocycles. The van der Waals surface area contributed by atoms with Crippen molar-refractivity contribution in [3.05, 3.63) is 29.8 Å². The molecule has 1 N–H and O–H groups in total. The molecule has 2 atom stereocenters. The molecule has 19 heavy (non-hydrogen) atoms. The normalized spacial score (nSPS) is 23.7. The van der Waals surface area contributed by atoms with Crippen LogP contribution >= 0.6 is 0 Å². The lowest BCUT2D eigenvalue weighted by Crippen LogP contribution is -2.28. The second-order valence-electron chi connectivity index (χ2n) is 5.45. The summed E-state index contributed by atoms with van der Waals surface area (Å²) in [6.07, 6.45) is 2.49. The Balaban J connectivity index is 2.05. The Morgan fingerprint density at radius 2 is 2.05 bits per heavy atom. The van der Waals surface area contributed by atoms with E-state index in [0.717, 1.165) is 18.8 Å². The van der Waals surface area contributed by atoms with Gasteiger partial charge < -0.3 is 10.1 Å². The van der Waals surface area contributed by atoms with Crippen LogP contribution in [0.2, 0.25) is 0 Å². The van der Waals surface area contributed by atoms with Gasteiger partial charge >= 0.3 is 0 Å². The number of benzene rings is 1. The second kappa shape index (κ2) is 6.92. The minimum atomic E-state index is 0.537. The molecule has 1 heterocycles. The number of rotatable bonds is 6. The minimum absolute atomic E-state index is 0.537. The van der Waals surface area contributed by atoms with Gasteiger partial charge in [-0.3, -0.25) is 4.90 Å². The molecule has 106 valence electrons. The molecule has 2 unspecified atom stereocenters. The van der Waals surface area contributed by atoms with E-state index in [1.807, 2.05) is 0 Å². The molecule has 0 bridgehead atoms. The molecule has 1 aliphatic heterocycles. The lowest BCUT2D eigenvalue weighted by molar-refractivity contribution is 0.272. The summed E-state index contributed by atoms with van der Waals surface area (Å²) in [5.41, 5.74) is 1.41. The summed E-state index contributed by atoms with van der Waals surface area (Å²) in [6.45, 7) is 5.65. The summed E-state index contributed by atoms with van der Waals surface area (Å²) in [6, 6.07) is 9.09. The largest absolute Gasteiger partial charge is 0.497 e. The first-order chi connectivity index (χ1) is 9.26. The first-order valence-corrected chi connectivity index (χ1v) is 7.31. The van der Waals surface area contributed by atoms with E-state index in [-0.39, 0.29) is 0 Å². The number of likely N-dealkylation sites (tertiary alicyclic amines) is 1. The van der Waals surface area contributed by atoms with Crippen LogP contribution in [0.25, 0.3) is 0 Å². The molecule has 1 aromatic carbocycles. The average Bonchev–Trinajstić information content (AvgIpc) is 2.80. The molecular formula is C16H26N2O. The fourth-order valence-corrected chi connectivity index (χ4v) is 3.03. The maximum absolute atomic E-state index is 5.24. The van der Waals surface area contributed by atoms with E-state index >= 15 is 0 Å². The summed E-state index contributed by atoms with van der Waals surface area (Å²) >= 11 is 0. The summed E-state index contributed by atoms with van der Waals surface area (Å²) < 4.78 is 5.24. The van der Waals surface area contributed by atoms with Gasteiger partial charge in [-0.2, -0.15) is 0 Å². The van der Waals surface area contributed by atoms with Gasteiger partial charge in [-0.15, -0.1) is 0 Å². The zero-order chi connectivity index (χ0) is 13.7. The zero-order valence-electron chi connectivity index (χ0n) is 12.4. The highest BCUT2D eigenvalue weighted by atomic mass is 16.5. The quantitative estimate of drug-likeness (QED) is 0.798. The van der Waals surface area contributed by atoms with Gasteiger partial charge in [-0.25, -0.2) is 0 Å². The molecule has 0 saturated carbocycles. The Labute approximate surface area is 116 Å². The number of nitrogens with zero attached hydrogens (tertiary/aromatic N) is 1. The Morgan fingerprint density at radius 3 is 2.68 bits per heavy atom. The summed E-state index contributed by atoms with van der Waals surface area (Å²) in [4.78, 5) is 2.47. The average molecular weight is 262 g/mol. The van der Waals surface area contributed by atoms with E-state index in [2.05, 4.69) is 48.5 Å². The first kappa shape index (κ1) is 14.4. The molecule has 0 aromatic heterocycles. The highest BCUT2D eigenvalue weighted by Gasteiger charge is 2.32. The van der Waals surface area contributed by atoms with E-state index in [1.165, 1.54) is 24.9 Å². The lowest BCUT2D eigenvalue weighted by atomic mass is 9.93. The van der Waals surface area contributed by atoms with Crippen molar-refractivity contribution in [1.82, 2.24) is 10.2 Å². The van der Waals surface area contributed by atoms with E-state index in [0.29, 0.717) is 12.0 Å². The highest BCUT2D eigenvalue weighted by molar-refractivity contribution is 5.30. The number of methoxy groups -OCH3 is 1. The Kier molecular flexibility index (Phi) is 5.23. The molecule has 1 aliphatic rings. The third kappa shape index (κ3) is 3.48. The number of nitrogens with one attached hydrogen (secondary N) is 1. The van der Waals surface area contributed by atoms with Crippen LogP contribution in [0.4, 0.5) is 0 Å². The van der Waals surface area contributed by atoms with E-state index in [4.69, 9.17) is 4.74 Å². The van der Waals surface area contributed by atoms with Crippen molar-refractivity contribution in [3.63, 3.8) is 0 Å². The van der Waals surface area contributed by atoms with Gasteiger partial charge in [0.05, 0.1) is 7.11 Å². The second-order valence-corrected chi connectivity index (χ2v) is 5.45. The maximum Gasteiger partial charge on any atom is 0.118 e.